The van der Waals surface area contributed by atoms with Crippen LogP contribution < -0.4 is 20.7 Å². The van der Waals surface area contributed by atoms with Gasteiger partial charge in [0, 0.05) is 48.0 Å². The summed E-state index contributed by atoms with van der Waals surface area (Å²) in [6, 6.07) is 14.7. The van der Waals surface area contributed by atoms with E-state index in [2.05, 4.69) is 15.3 Å². The van der Waals surface area contributed by atoms with Crippen molar-refractivity contribution < 1.29 is 9.53 Å². The zero-order valence-electron chi connectivity index (χ0n) is 17.8. The number of carbonyl (C=O) groups excluding carboxylic acids is 1. The number of nitrogen functional groups attached to an aromatic ring is 1. The molecule has 0 saturated heterocycles. The van der Waals surface area contributed by atoms with Crippen molar-refractivity contribution in [3.05, 3.63) is 60.3 Å². The minimum atomic E-state index is -0.173. The van der Waals surface area contributed by atoms with E-state index >= 15 is 0 Å². The Morgan fingerprint density at radius 1 is 1.26 bits per heavy atom. The number of ether oxygens (including phenoxy) is 1. The summed E-state index contributed by atoms with van der Waals surface area (Å²) in [4.78, 5) is 22.8. The van der Waals surface area contributed by atoms with Crippen LogP contribution in [0.4, 0.5) is 17.2 Å². The first-order chi connectivity index (χ1) is 14.9. The number of rotatable bonds is 8. The van der Waals surface area contributed by atoms with Gasteiger partial charge in [0.05, 0.1) is 0 Å². The minimum absolute atomic E-state index is 0.0578. The number of hydrogen-bond acceptors (Lipinski definition) is 7. The van der Waals surface area contributed by atoms with Gasteiger partial charge in [0.15, 0.2) is 12.4 Å². The second-order valence-electron chi connectivity index (χ2n) is 7.29. The topological polar surface area (TPSA) is 117 Å². The van der Waals surface area contributed by atoms with Crippen molar-refractivity contribution in [3.8, 4) is 17.1 Å². The van der Waals surface area contributed by atoms with Gasteiger partial charge in [-0.2, -0.15) is 0 Å². The van der Waals surface area contributed by atoms with E-state index in [0.717, 1.165) is 11.3 Å². The molecule has 8 nitrogen and oxygen atoms in total. The van der Waals surface area contributed by atoms with Crippen LogP contribution in [0.5, 0.6) is 5.75 Å². The number of benzene rings is 2. The lowest BCUT2D eigenvalue weighted by molar-refractivity contribution is -0.123. The number of carbonyl (C=O) groups is 1. The van der Waals surface area contributed by atoms with E-state index in [4.69, 9.17) is 15.9 Å². The van der Waals surface area contributed by atoms with Gasteiger partial charge in [-0.1, -0.05) is 12.1 Å². The molecule has 3 rings (SSSR count). The van der Waals surface area contributed by atoms with E-state index in [-0.39, 0.29) is 18.6 Å². The van der Waals surface area contributed by atoms with Gasteiger partial charge in [-0.25, -0.2) is 9.97 Å². The van der Waals surface area contributed by atoms with Crippen molar-refractivity contribution >= 4 is 29.3 Å². The summed E-state index contributed by atoms with van der Waals surface area (Å²) in [5, 5.41) is 10.3. The molecule has 2 aromatic carbocycles. The smallest absolute Gasteiger partial charge is 0.258 e. The Kier molecular flexibility index (Phi) is 6.81. The van der Waals surface area contributed by atoms with E-state index in [0.29, 0.717) is 28.6 Å². The molecule has 4 N–H and O–H groups in total. The molecule has 0 bridgehead atoms. The predicted molar refractivity (Wildman–Crippen MR) is 123 cm³/mol. The van der Waals surface area contributed by atoms with Crippen molar-refractivity contribution in [2.75, 3.05) is 24.3 Å². The molecule has 0 saturated carbocycles. The Hall–Kier alpha value is -3.94. The molecule has 0 unspecified atom stereocenters. The average Bonchev–Trinajstić information content (AvgIpc) is 2.77. The molecule has 1 amide bonds. The third kappa shape index (κ3) is 5.57. The third-order valence-electron chi connectivity index (χ3n) is 4.51. The van der Waals surface area contributed by atoms with Gasteiger partial charge in [-0.05, 0) is 50.2 Å². The van der Waals surface area contributed by atoms with Gasteiger partial charge in [0.2, 0.25) is 0 Å². The highest BCUT2D eigenvalue weighted by Crippen LogP contribution is 2.27. The van der Waals surface area contributed by atoms with Crippen LogP contribution in [0.1, 0.15) is 19.4 Å². The van der Waals surface area contributed by atoms with E-state index in [9.17, 15) is 4.79 Å². The lowest BCUT2D eigenvalue weighted by Crippen LogP contribution is -2.34. The van der Waals surface area contributed by atoms with Gasteiger partial charge < -0.3 is 26.1 Å². The predicted octanol–water partition coefficient (Wildman–Crippen LogP) is 3.39. The summed E-state index contributed by atoms with van der Waals surface area (Å²) in [5.41, 5.74) is 8.71. The highest BCUT2D eigenvalue weighted by atomic mass is 16.5. The fraction of sp³-hybridized carbons (Fsp3) is 0.217. The zero-order valence-corrected chi connectivity index (χ0v) is 17.8. The number of anilines is 3. The SMILES string of the molecule is CC(C)NC(=O)COc1cccc(-c2nccc(N(C)c3ccc(N)c(C=N)c3)n2)c1. The van der Waals surface area contributed by atoms with Crippen molar-refractivity contribution in [3.63, 3.8) is 0 Å². The Bertz CT molecular complexity index is 1080. The number of nitrogens with two attached hydrogens (primary N) is 1. The molecule has 160 valence electrons. The largest absolute Gasteiger partial charge is 0.484 e. The van der Waals surface area contributed by atoms with Gasteiger partial charge in [0.1, 0.15) is 11.6 Å². The highest BCUT2D eigenvalue weighted by Gasteiger charge is 2.11. The Balaban J connectivity index is 1.80. The first-order valence-corrected chi connectivity index (χ1v) is 9.86. The molecule has 8 heteroatoms. The van der Waals surface area contributed by atoms with E-state index < -0.39 is 0 Å². The second kappa shape index (κ2) is 9.71. The lowest BCUT2D eigenvalue weighted by Gasteiger charge is -2.19. The van der Waals surface area contributed by atoms with E-state index in [1.54, 1.807) is 30.5 Å². The van der Waals surface area contributed by atoms with Crippen molar-refractivity contribution in [2.45, 2.75) is 19.9 Å². The molecule has 0 atom stereocenters. The molecule has 0 aliphatic heterocycles. The zero-order chi connectivity index (χ0) is 22.4. The van der Waals surface area contributed by atoms with Crippen LogP contribution in [0.25, 0.3) is 11.4 Å². The van der Waals surface area contributed by atoms with Crippen LogP contribution in [0.2, 0.25) is 0 Å². The maximum atomic E-state index is 11.8. The summed E-state index contributed by atoms with van der Waals surface area (Å²) in [6.45, 7) is 3.74. The quantitative estimate of drug-likeness (QED) is 0.381. The van der Waals surface area contributed by atoms with Crippen molar-refractivity contribution in [1.29, 1.82) is 5.41 Å². The Morgan fingerprint density at radius 2 is 2.06 bits per heavy atom. The summed E-state index contributed by atoms with van der Waals surface area (Å²) >= 11 is 0. The Labute approximate surface area is 181 Å². The molecule has 3 aromatic rings. The molecule has 0 aliphatic carbocycles. The van der Waals surface area contributed by atoms with Crippen LogP contribution in [0.15, 0.2) is 54.7 Å². The molecule has 1 aromatic heterocycles. The first kappa shape index (κ1) is 21.8. The summed E-state index contributed by atoms with van der Waals surface area (Å²) in [6.07, 6.45) is 2.91. The maximum absolute atomic E-state index is 11.8. The van der Waals surface area contributed by atoms with Crippen LogP contribution in [0.3, 0.4) is 0 Å². The molecular weight excluding hydrogens is 392 g/mol. The second-order valence-corrected chi connectivity index (χ2v) is 7.29. The molecule has 0 fully saturated rings. The molecule has 0 aliphatic rings. The fourth-order valence-corrected chi connectivity index (χ4v) is 2.94. The summed E-state index contributed by atoms with van der Waals surface area (Å²) in [5.74, 6) is 1.61. The minimum Gasteiger partial charge on any atom is -0.484 e. The number of nitrogens with zero attached hydrogens (tertiary/aromatic N) is 3. The molecule has 0 spiro atoms. The van der Waals surface area contributed by atoms with Crippen molar-refractivity contribution in [2.24, 2.45) is 0 Å². The normalized spacial score (nSPS) is 10.6. The van der Waals surface area contributed by atoms with Crippen LogP contribution in [-0.4, -0.2) is 41.8 Å². The Morgan fingerprint density at radius 3 is 2.81 bits per heavy atom. The van der Waals surface area contributed by atoms with Gasteiger partial charge in [0.25, 0.3) is 5.91 Å². The number of amides is 1. The molecule has 31 heavy (non-hydrogen) atoms. The van der Waals surface area contributed by atoms with Gasteiger partial charge in [-0.15, -0.1) is 0 Å². The van der Waals surface area contributed by atoms with Gasteiger partial charge in [-0.3, -0.25) is 4.79 Å². The first-order valence-electron chi connectivity index (χ1n) is 9.86. The summed E-state index contributed by atoms with van der Waals surface area (Å²) < 4.78 is 5.60. The molecule has 0 radical (unpaired) electrons. The number of nitrogens with one attached hydrogen (secondary N) is 2. The fourth-order valence-electron chi connectivity index (χ4n) is 2.94. The number of hydrogen-bond donors (Lipinski definition) is 3. The summed E-state index contributed by atoms with van der Waals surface area (Å²) in [7, 11) is 1.89. The van der Waals surface area contributed by atoms with Crippen LogP contribution in [0, 0.1) is 5.41 Å². The van der Waals surface area contributed by atoms with Crippen LogP contribution in [-0.2, 0) is 4.79 Å². The highest BCUT2D eigenvalue weighted by molar-refractivity contribution is 5.87. The average molecular weight is 419 g/mol. The molecule has 1 heterocycles. The van der Waals surface area contributed by atoms with E-state index in [1.807, 2.05) is 50.1 Å². The van der Waals surface area contributed by atoms with Crippen molar-refractivity contribution in [1.82, 2.24) is 15.3 Å². The van der Waals surface area contributed by atoms with Crippen LogP contribution >= 0.6 is 0 Å². The third-order valence-corrected chi connectivity index (χ3v) is 4.51. The lowest BCUT2D eigenvalue weighted by atomic mass is 10.1. The van der Waals surface area contributed by atoms with Gasteiger partial charge >= 0.3 is 0 Å². The maximum Gasteiger partial charge on any atom is 0.258 e. The standard InChI is InChI=1S/C23H26N6O2/c1-15(2)27-22(30)14-31-19-6-4-5-16(12-19)23-26-10-9-21(28-23)29(3)18-7-8-20(25)17(11-18)13-24/h4-13,15,24H,14,25H2,1-3H3,(H,27,30). The monoisotopic (exact) mass is 418 g/mol. The van der Waals surface area contributed by atoms with E-state index in [1.165, 1.54) is 6.21 Å². The molecular formula is C23H26N6O2. The number of aromatic nitrogens is 2.